The van der Waals surface area contributed by atoms with E-state index < -0.39 is 12.1 Å². The van der Waals surface area contributed by atoms with Crippen LogP contribution in [0.4, 0.5) is 0 Å². The molecule has 1 fully saturated rings. The Hall–Kier alpha value is -2.92. The molecule has 0 aliphatic carbocycles. The molecule has 1 saturated heterocycles. The highest BCUT2D eigenvalue weighted by Gasteiger charge is 2.40. The van der Waals surface area contributed by atoms with E-state index in [0.717, 1.165) is 44.1 Å². The van der Waals surface area contributed by atoms with Crippen molar-refractivity contribution < 1.29 is 19.8 Å². The molecule has 0 aromatic heterocycles. The number of nitrogens with zero attached hydrogens (tertiary/aromatic N) is 1. The molecule has 1 heterocycles. The van der Waals surface area contributed by atoms with Crippen LogP contribution in [0.1, 0.15) is 94.6 Å². The van der Waals surface area contributed by atoms with Crippen LogP contribution in [0.25, 0.3) is 0 Å². The van der Waals surface area contributed by atoms with Gasteiger partial charge in [-0.15, -0.1) is 0 Å². The molecule has 1 amide bonds. The Balaban J connectivity index is 1.57. The summed E-state index contributed by atoms with van der Waals surface area (Å²) in [6.45, 7) is 10.7. The Bertz CT molecular complexity index is 1090. The Morgan fingerprint density at radius 2 is 1.71 bits per heavy atom. The van der Waals surface area contributed by atoms with E-state index in [9.17, 15) is 19.8 Å². The van der Waals surface area contributed by atoms with E-state index >= 15 is 0 Å². The van der Waals surface area contributed by atoms with E-state index in [2.05, 4.69) is 58.9 Å². The molecule has 206 valence electrons. The van der Waals surface area contributed by atoms with Gasteiger partial charge >= 0.3 is 5.97 Å². The van der Waals surface area contributed by atoms with Crippen molar-refractivity contribution in [2.24, 2.45) is 5.92 Å². The second kappa shape index (κ2) is 12.8. The van der Waals surface area contributed by atoms with Gasteiger partial charge in [-0.1, -0.05) is 75.4 Å². The third kappa shape index (κ3) is 7.80. The Morgan fingerprint density at radius 3 is 2.34 bits per heavy atom. The number of likely N-dealkylation sites (tertiary alicyclic amines) is 1. The highest BCUT2D eigenvalue weighted by molar-refractivity contribution is 5.87. The molecule has 1 aliphatic rings. The zero-order chi connectivity index (χ0) is 27.9. The summed E-state index contributed by atoms with van der Waals surface area (Å²) in [5.41, 5.74) is 2.20. The minimum absolute atomic E-state index is 0.0124. The fraction of sp³-hybridized carbons (Fsp3) is 0.515. The monoisotopic (exact) mass is 519 g/mol. The number of aromatic carboxylic acids is 1. The van der Waals surface area contributed by atoms with E-state index in [1.54, 1.807) is 12.1 Å². The second-order valence-corrected chi connectivity index (χ2v) is 12.2. The predicted octanol–water partition coefficient (Wildman–Crippen LogP) is 6.79. The number of rotatable bonds is 13. The topological polar surface area (TPSA) is 77.8 Å². The molecular weight excluding hydrogens is 474 g/mol. The van der Waals surface area contributed by atoms with Gasteiger partial charge in [0, 0.05) is 12.0 Å². The van der Waals surface area contributed by atoms with Crippen molar-refractivity contribution in [2.45, 2.75) is 103 Å². The zero-order valence-corrected chi connectivity index (χ0v) is 23.7. The summed E-state index contributed by atoms with van der Waals surface area (Å²) in [5, 5.41) is 20.0. The van der Waals surface area contributed by atoms with Gasteiger partial charge in [0.1, 0.15) is 0 Å². The molecule has 0 bridgehead atoms. The van der Waals surface area contributed by atoms with Crippen LogP contribution < -0.4 is 0 Å². The lowest BCUT2D eigenvalue weighted by Gasteiger charge is -2.41. The molecule has 1 aliphatic heterocycles. The van der Waals surface area contributed by atoms with Gasteiger partial charge < -0.3 is 15.1 Å². The molecule has 0 unspecified atom stereocenters. The van der Waals surface area contributed by atoms with Crippen molar-refractivity contribution in [3.63, 3.8) is 0 Å². The van der Waals surface area contributed by atoms with Gasteiger partial charge in [-0.3, -0.25) is 4.79 Å². The first kappa shape index (κ1) is 29.6. The summed E-state index contributed by atoms with van der Waals surface area (Å²) in [5.74, 6) is -0.602. The number of hydrogen-bond donors (Lipinski definition) is 2. The number of carbonyl (C=O) groups is 2. The molecule has 3 rings (SSSR count). The number of carboxylic acids is 1. The zero-order valence-electron chi connectivity index (χ0n) is 23.7. The molecule has 5 nitrogen and oxygen atoms in total. The number of carboxylic acid groups (broad SMARTS) is 1. The summed E-state index contributed by atoms with van der Waals surface area (Å²) in [7, 11) is 0. The van der Waals surface area contributed by atoms with Gasteiger partial charge in [-0.2, -0.15) is 0 Å². The normalized spacial score (nSPS) is 18.2. The highest BCUT2D eigenvalue weighted by Crippen LogP contribution is 2.37. The van der Waals surface area contributed by atoms with Crippen molar-refractivity contribution in [3.8, 4) is 0 Å². The Kier molecular flexibility index (Phi) is 9.94. The molecular formula is C33H45NO4. The lowest BCUT2D eigenvalue weighted by molar-refractivity contribution is -0.133. The number of hydrogen-bond acceptors (Lipinski definition) is 3. The number of aryl methyl sites for hydroxylation is 1. The summed E-state index contributed by atoms with van der Waals surface area (Å²) in [4.78, 5) is 26.2. The SMILES string of the molecule is C[C@@H](CCCc1ccccc1)[C@H](O)/C=C/[C@H]1CCC(=O)N1C(C)(C)CCC(C)(C)c1ccc(C(=O)O)cc1. The Morgan fingerprint density at radius 1 is 1.05 bits per heavy atom. The summed E-state index contributed by atoms with van der Waals surface area (Å²) in [6, 6.07) is 17.5. The lowest BCUT2D eigenvalue weighted by Crippen LogP contribution is -2.49. The number of benzene rings is 2. The maximum absolute atomic E-state index is 13.0. The number of aliphatic hydroxyl groups is 1. The van der Waals surface area contributed by atoms with Crippen molar-refractivity contribution in [1.29, 1.82) is 0 Å². The molecule has 5 heteroatoms. The minimum atomic E-state index is -0.922. The maximum atomic E-state index is 13.0. The predicted molar refractivity (Wildman–Crippen MR) is 153 cm³/mol. The summed E-state index contributed by atoms with van der Waals surface area (Å²) >= 11 is 0. The van der Waals surface area contributed by atoms with E-state index in [1.807, 2.05) is 35.3 Å². The van der Waals surface area contributed by atoms with Gasteiger partial charge in [0.15, 0.2) is 0 Å². The van der Waals surface area contributed by atoms with Crippen LogP contribution in [-0.2, 0) is 16.6 Å². The van der Waals surface area contributed by atoms with Crippen LogP contribution in [0, 0.1) is 5.92 Å². The minimum Gasteiger partial charge on any atom is -0.478 e. The molecule has 0 spiro atoms. The first-order valence-corrected chi connectivity index (χ1v) is 14.0. The third-order valence-electron chi connectivity index (χ3n) is 8.26. The first-order chi connectivity index (χ1) is 17.9. The summed E-state index contributed by atoms with van der Waals surface area (Å²) in [6.07, 6.45) is 9.37. The molecule has 2 aromatic carbocycles. The molecule has 3 atom stereocenters. The van der Waals surface area contributed by atoms with Crippen molar-refractivity contribution in [1.82, 2.24) is 4.90 Å². The fourth-order valence-corrected chi connectivity index (χ4v) is 5.50. The van der Waals surface area contributed by atoms with Crippen molar-refractivity contribution in [3.05, 3.63) is 83.4 Å². The van der Waals surface area contributed by atoms with Crippen molar-refractivity contribution in [2.75, 3.05) is 0 Å². The highest BCUT2D eigenvalue weighted by atomic mass is 16.4. The molecule has 0 radical (unpaired) electrons. The molecule has 0 saturated carbocycles. The first-order valence-electron chi connectivity index (χ1n) is 14.0. The lowest BCUT2D eigenvalue weighted by atomic mass is 9.77. The number of carbonyl (C=O) groups excluding carboxylic acids is 1. The Labute approximate surface area is 228 Å². The van der Waals surface area contributed by atoms with Crippen LogP contribution in [0.3, 0.4) is 0 Å². The van der Waals surface area contributed by atoms with E-state index in [-0.39, 0.29) is 34.4 Å². The largest absolute Gasteiger partial charge is 0.478 e. The van der Waals surface area contributed by atoms with Crippen LogP contribution in [0.2, 0.25) is 0 Å². The smallest absolute Gasteiger partial charge is 0.335 e. The van der Waals surface area contributed by atoms with Crippen LogP contribution in [-0.4, -0.2) is 44.7 Å². The van der Waals surface area contributed by atoms with Crippen LogP contribution in [0.5, 0.6) is 0 Å². The van der Waals surface area contributed by atoms with Gasteiger partial charge in [-0.05, 0) is 87.0 Å². The quantitative estimate of drug-likeness (QED) is 0.286. The fourth-order valence-electron chi connectivity index (χ4n) is 5.50. The third-order valence-corrected chi connectivity index (χ3v) is 8.26. The molecule has 2 aromatic rings. The summed E-state index contributed by atoms with van der Waals surface area (Å²) < 4.78 is 0. The van der Waals surface area contributed by atoms with E-state index in [0.29, 0.717) is 6.42 Å². The van der Waals surface area contributed by atoms with Crippen LogP contribution in [0.15, 0.2) is 66.7 Å². The van der Waals surface area contributed by atoms with Gasteiger partial charge in [0.2, 0.25) is 5.91 Å². The molecule has 2 N–H and O–H groups in total. The van der Waals surface area contributed by atoms with E-state index in [4.69, 9.17) is 0 Å². The van der Waals surface area contributed by atoms with Gasteiger partial charge in [-0.25, -0.2) is 4.79 Å². The number of aliphatic hydroxyl groups excluding tert-OH is 1. The average molecular weight is 520 g/mol. The van der Waals surface area contributed by atoms with E-state index in [1.165, 1.54) is 5.56 Å². The van der Waals surface area contributed by atoms with Gasteiger partial charge in [0.25, 0.3) is 0 Å². The standard InChI is InChI=1S/C33H45NO4/c1-24(10-9-13-25-11-7-6-8-12-25)29(35)20-18-28-19-21-30(36)34(28)33(4,5)23-22-32(2,3)27-16-14-26(15-17-27)31(37)38/h6-8,11-12,14-18,20,24,28-29,35H,9-10,13,19,21-23H2,1-5H3,(H,37,38)/b20-18+/t24-,28-,29+/m0/s1. The second-order valence-electron chi connectivity index (χ2n) is 12.2. The average Bonchev–Trinajstić information content (AvgIpc) is 3.28. The van der Waals surface area contributed by atoms with Gasteiger partial charge in [0.05, 0.1) is 17.7 Å². The van der Waals surface area contributed by atoms with Crippen LogP contribution >= 0.6 is 0 Å². The molecule has 38 heavy (non-hydrogen) atoms. The van der Waals surface area contributed by atoms with Crippen molar-refractivity contribution >= 4 is 11.9 Å². The number of amides is 1. The maximum Gasteiger partial charge on any atom is 0.335 e.